The van der Waals surface area contributed by atoms with Gasteiger partial charge in [0.05, 0.1) is 56.1 Å². The van der Waals surface area contributed by atoms with E-state index in [1.54, 1.807) is 6.92 Å². The van der Waals surface area contributed by atoms with Crippen LogP contribution in [0.4, 0.5) is 45.5 Å². The number of ether oxygens (including phenoxy) is 1. The molecule has 0 unspecified atom stereocenters. The number of aryl methyl sites for hydroxylation is 1. The summed E-state index contributed by atoms with van der Waals surface area (Å²) >= 11 is 0. The third-order valence-electron chi connectivity index (χ3n) is 9.06. The minimum atomic E-state index is -5.20. The summed E-state index contributed by atoms with van der Waals surface area (Å²) in [4.78, 5) is 3.94. The topological polar surface area (TPSA) is 407 Å². The first-order chi connectivity index (χ1) is 31.1. The van der Waals surface area contributed by atoms with E-state index in [-0.39, 0.29) is 168 Å². The van der Waals surface area contributed by atoms with Crippen LogP contribution in [0.2, 0.25) is 0 Å². The number of fused-ring (bicyclic) bond motifs is 2. The van der Waals surface area contributed by atoms with E-state index in [0.717, 1.165) is 50.2 Å². The second kappa shape index (κ2) is 24.8. The Balaban J connectivity index is 0.00000432. The maximum Gasteiger partial charge on any atom is 0.296 e. The van der Waals surface area contributed by atoms with Crippen molar-refractivity contribution in [2.24, 2.45) is 40.7 Å². The smallest absolute Gasteiger partial charge is 0.296 e. The predicted octanol–water partition coefficient (Wildman–Crippen LogP) is 7.65. The van der Waals surface area contributed by atoms with Crippen molar-refractivity contribution in [3.63, 3.8) is 0 Å². The molecule has 71 heavy (non-hydrogen) atoms. The fourth-order valence-electron chi connectivity index (χ4n) is 6.21. The SMILES string of the molecule is COc1cc(N=Nc2ccc(N=Nc3c(S(=O)(=O)O)cc4cc(S(=O)(=O)O)cc(N=C(C)O)c4c3O)cc2)c(C)cc1N=Nc1c(S(=O)(=O)O)cc2cc(S(=O)(=O)O)cc(N=C(C)O)c2c1O.[Na].[Na].[Na].[Na]. The summed E-state index contributed by atoms with van der Waals surface area (Å²) in [5, 5.41) is 64.7. The Bertz CT molecular complexity index is 3710. The standard InChI is InChI=1S/C38H32N8O17S4.4Na/c1-17-9-27(44-46-36-32(67(60,61)62)13-21-11-25(65(54,55)56)15-29(40-19(3)48)34(21)38(36)50)30(63-4)16-26(17)43-41-22-5-7-23(8-6-22)42-45-35-31(66(57,58)59)12-20-10-24(64(51,52)53)14-28(39-18(2)47)33(20)37(35)49;;;;/h5-16,49-50H,1-4H3,(H,39,47)(H,40,48)(H,51,52,53)(H,54,55,56)(H,57,58,59)(H,60,61,62);;;;. The molecular weight excluding hydrogens is 1060 g/mol. The molecule has 0 atom stereocenters. The Morgan fingerprint density at radius 1 is 0.479 bits per heavy atom. The van der Waals surface area contributed by atoms with Gasteiger partial charge >= 0.3 is 0 Å². The minimum Gasteiger partial charge on any atom is -0.505 e. The Hall–Kier alpha value is -3.38. The quantitative estimate of drug-likeness (QED) is 0.0181. The number of aliphatic hydroxyl groups excluding tert-OH is 2. The van der Waals surface area contributed by atoms with Gasteiger partial charge in [-0.3, -0.25) is 18.2 Å². The van der Waals surface area contributed by atoms with Crippen LogP contribution in [0, 0.1) is 6.92 Å². The fraction of sp³-hybridized carbons (Fsp3) is 0.105. The van der Waals surface area contributed by atoms with Gasteiger partial charge in [0.25, 0.3) is 40.5 Å². The molecule has 0 heterocycles. The number of phenolic OH excluding ortho intramolecular Hbond substituents is 2. The van der Waals surface area contributed by atoms with Gasteiger partial charge < -0.3 is 25.2 Å². The van der Waals surface area contributed by atoms with Gasteiger partial charge in [0, 0.05) is 138 Å². The number of aliphatic imine (C=N–C) groups is 2. The van der Waals surface area contributed by atoms with Crippen molar-refractivity contribution in [1.82, 2.24) is 0 Å². The van der Waals surface area contributed by atoms with Crippen LogP contribution in [0.3, 0.4) is 0 Å². The van der Waals surface area contributed by atoms with Crippen LogP contribution in [-0.4, -0.2) is 209 Å². The summed E-state index contributed by atoms with van der Waals surface area (Å²) in [7, 11) is -18.9. The molecule has 0 aliphatic carbocycles. The summed E-state index contributed by atoms with van der Waals surface area (Å²) in [6, 6.07) is 13.0. The normalized spacial score (nSPS) is 12.7. The monoisotopic (exact) mass is 1090 g/mol. The average Bonchev–Trinajstić information content (AvgIpc) is 3.20. The van der Waals surface area contributed by atoms with Crippen molar-refractivity contribution in [3.05, 3.63) is 78.4 Å². The van der Waals surface area contributed by atoms with Crippen molar-refractivity contribution < 1.29 is 77.0 Å². The van der Waals surface area contributed by atoms with Gasteiger partial charge in [0.1, 0.15) is 32.6 Å². The molecule has 0 aliphatic heterocycles. The van der Waals surface area contributed by atoms with E-state index < -0.39 is 106 Å². The maximum absolute atomic E-state index is 12.5. The first-order valence-corrected chi connectivity index (χ1v) is 23.9. The molecule has 6 aromatic rings. The fourth-order valence-corrected chi connectivity index (χ4v) is 8.60. The van der Waals surface area contributed by atoms with Crippen molar-refractivity contribution in [1.29, 1.82) is 0 Å². The number of hydrogen-bond donors (Lipinski definition) is 8. The van der Waals surface area contributed by atoms with Crippen molar-refractivity contribution in [2.75, 3.05) is 7.11 Å². The largest absolute Gasteiger partial charge is 0.505 e. The van der Waals surface area contributed by atoms with Crippen LogP contribution in [0.15, 0.2) is 133 Å². The number of azo groups is 3. The zero-order valence-electron chi connectivity index (χ0n) is 38.4. The average molecular weight is 1090 g/mol. The zero-order chi connectivity index (χ0) is 49.6. The summed E-state index contributed by atoms with van der Waals surface area (Å²) < 4.78 is 142. The van der Waals surface area contributed by atoms with E-state index in [2.05, 4.69) is 40.7 Å². The number of methoxy groups -OCH3 is 1. The Kier molecular flexibility index (Phi) is 22.2. The van der Waals surface area contributed by atoms with Crippen molar-refractivity contribution in [2.45, 2.75) is 40.4 Å². The Morgan fingerprint density at radius 3 is 1.20 bits per heavy atom. The first-order valence-electron chi connectivity index (χ1n) is 18.2. The molecule has 0 spiro atoms. The second-order valence-corrected chi connectivity index (χ2v) is 19.5. The molecule has 0 saturated heterocycles. The van der Waals surface area contributed by atoms with E-state index in [4.69, 9.17) is 4.74 Å². The van der Waals surface area contributed by atoms with Gasteiger partial charge in [-0.1, -0.05) is 0 Å². The van der Waals surface area contributed by atoms with Crippen LogP contribution in [0.5, 0.6) is 17.2 Å². The van der Waals surface area contributed by atoms with Crippen LogP contribution < -0.4 is 4.74 Å². The zero-order valence-corrected chi connectivity index (χ0v) is 49.7. The van der Waals surface area contributed by atoms with E-state index in [1.165, 1.54) is 43.5 Å². The number of aromatic hydroxyl groups is 2. The van der Waals surface area contributed by atoms with Gasteiger partial charge in [-0.25, -0.2) is 9.98 Å². The van der Waals surface area contributed by atoms with Gasteiger partial charge in [-0.2, -0.15) is 49.0 Å². The molecule has 6 rings (SSSR count). The van der Waals surface area contributed by atoms with Crippen LogP contribution in [-0.2, 0) is 40.5 Å². The molecule has 4 radical (unpaired) electrons. The van der Waals surface area contributed by atoms with Gasteiger partial charge in [-0.15, -0.1) is 15.3 Å². The van der Waals surface area contributed by atoms with Crippen LogP contribution in [0.1, 0.15) is 19.4 Å². The molecule has 0 amide bonds. The molecule has 33 heteroatoms. The van der Waals surface area contributed by atoms with Crippen molar-refractivity contribution in [3.8, 4) is 17.2 Å². The molecule has 0 aromatic heterocycles. The first kappa shape index (κ1) is 63.7. The van der Waals surface area contributed by atoms with Gasteiger partial charge in [0.15, 0.2) is 23.3 Å². The van der Waals surface area contributed by atoms with Crippen molar-refractivity contribution >= 4 is 238 Å². The summed E-state index contributed by atoms with van der Waals surface area (Å²) in [6.07, 6.45) is 0. The van der Waals surface area contributed by atoms with Crippen LogP contribution in [0.25, 0.3) is 21.5 Å². The van der Waals surface area contributed by atoms with E-state index in [1.807, 2.05) is 0 Å². The summed E-state index contributed by atoms with van der Waals surface area (Å²) in [5.74, 6) is -3.12. The Morgan fingerprint density at radius 2 is 0.845 bits per heavy atom. The minimum absolute atomic E-state index is 0. The molecule has 0 saturated carbocycles. The predicted molar refractivity (Wildman–Crippen MR) is 261 cm³/mol. The number of benzene rings is 6. The molecular formula is C38H32N8Na4O17S4. The molecule has 0 bridgehead atoms. The number of phenols is 2. The van der Waals surface area contributed by atoms with E-state index in [9.17, 15) is 72.3 Å². The van der Waals surface area contributed by atoms with E-state index in [0.29, 0.717) is 5.56 Å². The molecule has 0 aliphatic rings. The van der Waals surface area contributed by atoms with Gasteiger partial charge in [-0.05, 0) is 90.0 Å². The third-order valence-corrected chi connectivity index (χ3v) is 12.5. The number of aliphatic hydroxyl groups is 2. The number of rotatable bonds is 13. The number of nitrogens with zero attached hydrogens (tertiary/aromatic N) is 8. The van der Waals surface area contributed by atoms with E-state index >= 15 is 0 Å². The number of hydrogen-bond acceptors (Lipinski definition) is 19. The second-order valence-electron chi connectivity index (χ2n) is 13.9. The molecule has 354 valence electrons. The molecule has 6 aromatic carbocycles. The molecule has 25 nitrogen and oxygen atoms in total. The van der Waals surface area contributed by atoms with Gasteiger partial charge in [0.2, 0.25) is 0 Å². The molecule has 0 fully saturated rings. The summed E-state index contributed by atoms with van der Waals surface area (Å²) in [6.45, 7) is 3.81. The third kappa shape index (κ3) is 15.1. The maximum atomic E-state index is 12.5. The summed E-state index contributed by atoms with van der Waals surface area (Å²) in [5.41, 5.74) is -1.60. The molecule has 8 N–H and O–H groups in total. The van der Waals surface area contributed by atoms with Crippen LogP contribution >= 0.6 is 0 Å². The Labute approximate surface area is 492 Å².